The highest BCUT2D eigenvalue weighted by Crippen LogP contribution is 2.18. The van der Waals surface area contributed by atoms with Crippen LogP contribution in [0.25, 0.3) is 0 Å². The molecule has 3 unspecified atom stereocenters. The summed E-state index contributed by atoms with van der Waals surface area (Å²) in [4.78, 5) is 0. The second-order valence-corrected chi connectivity index (χ2v) is 4.28. The van der Waals surface area contributed by atoms with E-state index in [0.29, 0.717) is 12.1 Å². The Morgan fingerprint density at radius 2 is 2.50 bits per heavy atom. The van der Waals surface area contributed by atoms with Gasteiger partial charge in [0.2, 0.25) is 0 Å². The largest absolute Gasteiger partial charge is 0.378 e. The first-order chi connectivity index (χ1) is 7.79. The average molecular weight is 225 g/mol. The Bertz CT molecular complexity index is 302. The van der Waals surface area contributed by atoms with Crippen LogP contribution < -0.4 is 5.32 Å². The average Bonchev–Trinajstić information content (AvgIpc) is 2.83. The molecule has 1 aromatic heterocycles. The third-order valence-electron chi connectivity index (χ3n) is 3.06. The Labute approximate surface area is 95.1 Å². The number of nitrogens with one attached hydrogen (secondary N) is 2. The molecule has 0 bridgehead atoms. The zero-order valence-electron chi connectivity index (χ0n) is 9.81. The Morgan fingerprint density at radius 1 is 1.62 bits per heavy atom. The van der Waals surface area contributed by atoms with Crippen LogP contribution in [0.5, 0.6) is 0 Å². The van der Waals surface area contributed by atoms with Crippen molar-refractivity contribution >= 4 is 0 Å². The van der Waals surface area contributed by atoms with Crippen LogP contribution >= 0.6 is 0 Å². The number of hydrogen-bond acceptors (Lipinski definition) is 5. The van der Waals surface area contributed by atoms with Gasteiger partial charge < -0.3 is 10.1 Å². The molecule has 0 radical (unpaired) electrons. The third-order valence-corrected chi connectivity index (χ3v) is 3.06. The lowest BCUT2D eigenvalue weighted by Crippen LogP contribution is -2.40. The molecule has 6 nitrogen and oxygen atoms in total. The van der Waals surface area contributed by atoms with Gasteiger partial charge in [-0.2, -0.15) is 5.21 Å². The summed E-state index contributed by atoms with van der Waals surface area (Å²) in [7, 11) is 0. The SMILES string of the molecule is CCC1CC(NC(C)c2nn[nH]n2)CCO1. The van der Waals surface area contributed by atoms with Crippen molar-refractivity contribution in [2.24, 2.45) is 0 Å². The van der Waals surface area contributed by atoms with Crippen LogP contribution in [0.3, 0.4) is 0 Å². The van der Waals surface area contributed by atoms with E-state index in [4.69, 9.17) is 4.74 Å². The van der Waals surface area contributed by atoms with Gasteiger partial charge in [-0.1, -0.05) is 12.1 Å². The molecule has 1 fully saturated rings. The summed E-state index contributed by atoms with van der Waals surface area (Å²) in [6.45, 7) is 5.06. The first-order valence-corrected chi connectivity index (χ1v) is 5.90. The van der Waals surface area contributed by atoms with E-state index in [9.17, 15) is 0 Å². The molecule has 2 N–H and O–H groups in total. The zero-order valence-corrected chi connectivity index (χ0v) is 9.81. The van der Waals surface area contributed by atoms with Gasteiger partial charge in [0.15, 0.2) is 5.82 Å². The topological polar surface area (TPSA) is 75.7 Å². The van der Waals surface area contributed by atoms with Crippen molar-refractivity contribution in [1.82, 2.24) is 25.9 Å². The molecule has 0 spiro atoms. The van der Waals surface area contributed by atoms with Gasteiger partial charge in [-0.25, -0.2) is 0 Å². The normalized spacial score (nSPS) is 27.9. The van der Waals surface area contributed by atoms with E-state index in [0.717, 1.165) is 31.7 Å². The third kappa shape index (κ3) is 2.76. The molecule has 3 atom stereocenters. The molecule has 0 aromatic carbocycles. The summed E-state index contributed by atoms with van der Waals surface area (Å²) in [6.07, 6.45) is 3.59. The van der Waals surface area contributed by atoms with E-state index >= 15 is 0 Å². The minimum absolute atomic E-state index is 0.138. The molecule has 16 heavy (non-hydrogen) atoms. The lowest BCUT2D eigenvalue weighted by molar-refractivity contribution is -0.00181. The molecule has 6 heteroatoms. The van der Waals surface area contributed by atoms with Crippen molar-refractivity contribution < 1.29 is 4.74 Å². The Morgan fingerprint density at radius 3 is 3.19 bits per heavy atom. The quantitative estimate of drug-likeness (QED) is 0.793. The van der Waals surface area contributed by atoms with Crippen LogP contribution in [0.1, 0.15) is 45.0 Å². The van der Waals surface area contributed by atoms with Crippen molar-refractivity contribution in [1.29, 1.82) is 0 Å². The van der Waals surface area contributed by atoms with Crippen molar-refractivity contribution in [2.45, 2.75) is 51.3 Å². The number of H-pyrrole nitrogens is 1. The summed E-state index contributed by atoms with van der Waals surface area (Å²) < 4.78 is 5.64. The summed E-state index contributed by atoms with van der Waals surface area (Å²) in [5.41, 5.74) is 0. The molecule has 0 amide bonds. The fourth-order valence-electron chi connectivity index (χ4n) is 2.10. The van der Waals surface area contributed by atoms with Gasteiger partial charge in [-0.05, 0) is 26.2 Å². The van der Waals surface area contributed by atoms with Crippen LogP contribution in [-0.2, 0) is 4.74 Å². The molecule has 1 aliphatic rings. The van der Waals surface area contributed by atoms with Gasteiger partial charge in [0.25, 0.3) is 0 Å². The van der Waals surface area contributed by atoms with E-state index in [1.165, 1.54) is 0 Å². The summed E-state index contributed by atoms with van der Waals surface area (Å²) in [5, 5.41) is 17.5. The minimum atomic E-state index is 0.138. The molecule has 2 rings (SSSR count). The van der Waals surface area contributed by atoms with Gasteiger partial charge >= 0.3 is 0 Å². The number of nitrogens with zero attached hydrogens (tertiary/aromatic N) is 3. The number of rotatable bonds is 4. The molecular weight excluding hydrogens is 206 g/mol. The number of aromatic amines is 1. The molecule has 0 saturated carbocycles. The predicted molar refractivity (Wildman–Crippen MR) is 58.8 cm³/mol. The predicted octanol–water partition coefficient (Wildman–Crippen LogP) is 0.808. The maximum Gasteiger partial charge on any atom is 0.191 e. The van der Waals surface area contributed by atoms with Crippen molar-refractivity contribution in [3.8, 4) is 0 Å². The van der Waals surface area contributed by atoms with Gasteiger partial charge in [-0.15, -0.1) is 10.2 Å². The Balaban J connectivity index is 1.84. The highest BCUT2D eigenvalue weighted by Gasteiger charge is 2.23. The standard InChI is InChI=1S/C10H19N5O/c1-3-9-6-8(4-5-16-9)11-7(2)10-12-14-15-13-10/h7-9,11H,3-6H2,1-2H3,(H,12,13,14,15). The second-order valence-electron chi connectivity index (χ2n) is 4.28. The smallest absolute Gasteiger partial charge is 0.191 e. The first-order valence-electron chi connectivity index (χ1n) is 5.90. The van der Waals surface area contributed by atoms with Gasteiger partial charge in [0.1, 0.15) is 0 Å². The molecule has 1 aliphatic heterocycles. The molecule has 90 valence electrons. The molecule has 1 saturated heterocycles. The maximum absolute atomic E-state index is 5.64. The zero-order chi connectivity index (χ0) is 11.4. The van der Waals surface area contributed by atoms with Crippen LogP contribution in [0.2, 0.25) is 0 Å². The van der Waals surface area contributed by atoms with Crippen LogP contribution in [0.15, 0.2) is 0 Å². The highest BCUT2D eigenvalue weighted by molar-refractivity contribution is 4.89. The number of ether oxygens (including phenoxy) is 1. The lowest BCUT2D eigenvalue weighted by Gasteiger charge is -2.31. The van der Waals surface area contributed by atoms with Gasteiger partial charge in [0.05, 0.1) is 12.1 Å². The first kappa shape index (κ1) is 11.5. The number of hydrogen-bond donors (Lipinski definition) is 2. The Kier molecular flexibility index (Phi) is 3.84. The van der Waals surface area contributed by atoms with Gasteiger partial charge in [0, 0.05) is 12.6 Å². The molecular formula is C10H19N5O. The van der Waals surface area contributed by atoms with Gasteiger partial charge in [-0.3, -0.25) is 0 Å². The van der Waals surface area contributed by atoms with E-state index in [1.54, 1.807) is 0 Å². The van der Waals surface area contributed by atoms with E-state index in [1.807, 2.05) is 0 Å². The van der Waals surface area contributed by atoms with E-state index in [-0.39, 0.29) is 6.04 Å². The van der Waals surface area contributed by atoms with Crippen LogP contribution in [0.4, 0.5) is 0 Å². The fraction of sp³-hybridized carbons (Fsp3) is 0.900. The Hall–Kier alpha value is -1.01. The second kappa shape index (κ2) is 5.36. The van der Waals surface area contributed by atoms with Crippen molar-refractivity contribution in [3.05, 3.63) is 5.82 Å². The molecule has 0 aliphatic carbocycles. The highest BCUT2D eigenvalue weighted by atomic mass is 16.5. The van der Waals surface area contributed by atoms with E-state index < -0.39 is 0 Å². The number of tetrazole rings is 1. The monoisotopic (exact) mass is 225 g/mol. The summed E-state index contributed by atoms with van der Waals surface area (Å²) >= 11 is 0. The summed E-state index contributed by atoms with van der Waals surface area (Å²) in [5.74, 6) is 0.722. The summed E-state index contributed by atoms with van der Waals surface area (Å²) in [6, 6.07) is 0.631. The molecule has 2 heterocycles. The van der Waals surface area contributed by atoms with Crippen molar-refractivity contribution in [2.75, 3.05) is 6.61 Å². The maximum atomic E-state index is 5.64. The molecule has 1 aromatic rings. The number of aromatic nitrogens is 4. The lowest BCUT2D eigenvalue weighted by atomic mass is 10.0. The van der Waals surface area contributed by atoms with Crippen molar-refractivity contribution in [3.63, 3.8) is 0 Å². The van der Waals surface area contributed by atoms with Crippen LogP contribution in [0, 0.1) is 0 Å². The van der Waals surface area contributed by atoms with Crippen LogP contribution in [-0.4, -0.2) is 39.4 Å². The minimum Gasteiger partial charge on any atom is -0.378 e. The fourth-order valence-corrected chi connectivity index (χ4v) is 2.10. The van der Waals surface area contributed by atoms with E-state index in [2.05, 4.69) is 39.8 Å².